The Hall–Kier alpha value is -7.52. The molecule has 0 aliphatic carbocycles. The number of likely N-dealkylation sites (N-methyl/N-ethyl adjacent to an activating group) is 1. The summed E-state index contributed by atoms with van der Waals surface area (Å²) in [4.78, 5) is 91.4. The van der Waals surface area contributed by atoms with Crippen molar-refractivity contribution in [3.05, 3.63) is 107 Å². The SMILES string of the molecule is COc1ccc2cc1-c1cc(ccc1OC)[C@H](N(C)C(=O)[C@H](CCCC[NH3+])NC(=O)CCNC(=O)c1ccc(-c3ccc(CCCCCCCCC(C)(C)O)cc3)cc1)C(=O)N[C@@H](C)C(=O)N[C@H](C(=O)O)C2.O=C([O-])C(F)(F)F. The molecule has 0 aromatic heterocycles. The van der Waals surface area contributed by atoms with Gasteiger partial charge in [0, 0.05) is 43.1 Å². The molecular weight excluding hydrogens is 1030 g/mol. The number of nitrogens with one attached hydrogen (secondary N) is 4. The molecular formula is C58H75F3N6O12. The Balaban J connectivity index is 0.00000179. The molecule has 0 saturated carbocycles. The highest BCUT2D eigenvalue weighted by Crippen LogP contribution is 2.40. The predicted molar refractivity (Wildman–Crippen MR) is 287 cm³/mol. The largest absolute Gasteiger partial charge is 0.542 e. The molecule has 0 fully saturated rings. The van der Waals surface area contributed by atoms with Crippen LogP contribution in [-0.2, 0) is 41.6 Å². The van der Waals surface area contributed by atoms with E-state index in [0.29, 0.717) is 58.7 Å². The number of aryl methyl sites for hydroxylation is 1. The molecule has 0 saturated heterocycles. The van der Waals surface area contributed by atoms with Crippen LogP contribution >= 0.6 is 0 Å². The van der Waals surface area contributed by atoms with Gasteiger partial charge in [0.25, 0.3) is 5.91 Å². The third-order valence-corrected chi connectivity index (χ3v) is 13.3. The summed E-state index contributed by atoms with van der Waals surface area (Å²) in [6, 6.07) is 20.9. The number of carboxylic acid groups (broad SMARTS) is 2. The summed E-state index contributed by atoms with van der Waals surface area (Å²) in [5.74, 6) is -6.31. The van der Waals surface area contributed by atoms with E-state index in [1.165, 1.54) is 57.9 Å². The molecule has 0 spiro atoms. The minimum absolute atomic E-state index is 0.00141. The van der Waals surface area contributed by atoms with E-state index >= 15 is 0 Å². The van der Waals surface area contributed by atoms with Crippen LogP contribution in [0.5, 0.6) is 11.5 Å². The molecule has 430 valence electrons. The number of nitrogens with zero attached hydrogens (tertiary/aromatic N) is 1. The zero-order valence-corrected chi connectivity index (χ0v) is 45.8. The van der Waals surface area contributed by atoms with Crippen LogP contribution in [0.15, 0.2) is 84.9 Å². The number of halogens is 3. The van der Waals surface area contributed by atoms with E-state index in [4.69, 9.17) is 19.4 Å². The molecule has 18 nitrogen and oxygen atoms in total. The number of ether oxygens (including phenoxy) is 2. The van der Waals surface area contributed by atoms with Crippen molar-refractivity contribution in [2.75, 3.05) is 34.4 Å². The lowest BCUT2D eigenvalue weighted by molar-refractivity contribution is -0.368. The Morgan fingerprint density at radius 1 is 0.797 bits per heavy atom. The molecule has 9 N–H and O–H groups in total. The van der Waals surface area contributed by atoms with Crippen LogP contribution in [0, 0.1) is 0 Å². The number of methoxy groups -OCH3 is 2. The lowest BCUT2D eigenvalue weighted by Crippen LogP contribution is -2.55. The van der Waals surface area contributed by atoms with Crippen molar-refractivity contribution in [1.29, 1.82) is 0 Å². The molecule has 0 unspecified atom stereocenters. The number of aliphatic carboxylic acids is 2. The molecule has 1 aliphatic heterocycles. The van der Waals surface area contributed by atoms with Gasteiger partial charge in [-0.25, -0.2) is 4.79 Å². The maximum Gasteiger partial charge on any atom is 0.430 e. The van der Waals surface area contributed by atoms with Gasteiger partial charge < -0.3 is 61.5 Å². The van der Waals surface area contributed by atoms with Crippen LogP contribution in [0.25, 0.3) is 22.3 Å². The van der Waals surface area contributed by atoms with Gasteiger partial charge in [0.15, 0.2) is 0 Å². The number of benzene rings is 4. The summed E-state index contributed by atoms with van der Waals surface area (Å²) < 4.78 is 43.0. The fourth-order valence-corrected chi connectivity index (χ4v) is 8.93. The number of carboxylic acids is 2. The van der Waals surface area contributed by atoms with Crippen molar-refractivity contribution in [2.45, 2.75) is 140 Å². The second-order valence-corrected chi connectivity index (χ2v) is 20.1. The fourth-order valence-electron chi connectivity index (χ4n) is 8.93. The number of carbonyl (C=O) groups excluding carboxylic acids is 6. The molecule has 4 bridgehead atoms. The summed E-state index contributed by atoms with van der Waals surface area (Å²) in [7, 11) is 4.42. The summed E-state index contributed by atoms with van der Waals surface area (Å²) in [6.45, 7) is 5.75. The number of alkyl halides is 3. The fraction of sp³-hybridized carbons (Fsp3) is 0.466. The van der Waals surface area contributed by atoms with E-state index < -0.39 is 71.5 Å². The zero-order chi connectivity index (χ0) is 58.5. The topological polar surface area (TPSA) is 280 Å². The molecule has 0 radical (unpaired) electrons. The monoisotopic (exact) mass is 1100 g/mol. The van der Waals surface area contributed by atoms with Gasteiger partial charge in [0.05, 0.1) is 26.4 Å². The van der Waals surface area contributed by atoms with Crippen LogP contribution in [0.4, 0.5) is 13.2 Å². The normalized spacial score (nSPS) is 15.9. The highest BCUT2D eigenvalue weighted by molar-refractivity contribution is 5.97. The van der Waals surface area contributed by atoms with Crippen molar-refractivity contribution in [2.24, 2.45) is 0 Å². The number of fused-ring (bicyclic) bond motifs is 5. The van der Waals surface area contributed by atoms with Crippen molar-refractivity contribution < 1.29 is 77.3 Å². The Morgan fingerprint density at radius 2 is 1.37 bits per heavy atom. The summed E-state index contributed by atoms with van der Waals surface area (Å²) >= 11 is 0. The maximum absolute atomic E-state index is 14.6. The number of carbonyl (C=O) groups is 7. The molecule has 79 heavy (non-hydrogen) atoms. The summed E-state index contributed by atoms with van der Waals surface area (Å²) in [5, 5.41) is 39.6. The van der Waals surface area contributed by atoms with Gasteiger partial charge in [-0.05, 0) is 124 Å². The third kappa shape index (κ3) is 20.3. The molecule has 5 rings (SSSR count). The first-order valence-corrected chi connectivity index (χ1v) is 26.4. The molecule has 5 amide bonds. The standard InChI is InChI=1S/C56H74N6O10.C2HF3O2/c1-36-51(64)61-46(55(68)69)34-38-19-27-47(71-5)43(33-38)44-35-42(26-28-48(44)72-6)50(53(66)59-36)62(4)54(67)45(16-12-14-31-57)60-49(63)29-32-58-52(65)41-24-22-40(23-25-41)39-20-17-37(18-21-39)15-11-9-7-8-10-13-30-56(2,3)70;3-2(4,5)1(6)7/h17-28,33,35-36,45-46,50,70H,7-16,29-32,34,57H2,1-6H3,(H,58,65)(H,59,66)(H,60,63)(H,61,64)(H,68,69);(H,6,7)/t36-,45-,46-,50-;/m0./s1. The molecule has 1 aliphatic rings. The van der Waals surface area contributed by atoms with Crippen LogP contribution < -0.4 is 41.6 Å². The van der Waals surface area contributed by atoms with E-state index in [1.54, 1.807) is 48.5 Å². The van der Waals surface area contributed by atoms with E-state index in [1.807, 2.05) is 26.0 Å². The molecule has 21 heteroatoms. The summed E-state index contributed by atoms with van der Waals surface area (Å²) in [6.07, 6.45) is 4.84. The van der Waals surface area contributed by atoms with Gasteiger partial charge in [0.1, 0.15) is 41.6 Å². The van der Waals surface area contributed by atoms with Crippen LogP contribution in [0.1, 0.15) is 124 Å². The van der Waals surface area contributed by atoms with E-state index in [-0.39, 0.29) is 31.7 Å². The van der Waals surface area contributed by atoms with Crippen molar-refractivity contribution in [1.82, 2.24) is 26.2 Å². The number of aliphatic hydroxyl groups is 1. The first-order valence-electron chi connectivity index (χ1n) is 26.4. The highest BCUT2D eigenvalue weighted by atomic mass is 19.4. The molecule has 4 atom stereocenters. The van der Waals surface area contributed by atoms with Crippen LogP contribution in [0.3, 0.4) is 0 Å². The lowest BCUT2D eigenvalue weighted by atomic mass is 9.93. The number of amides is 5. The lowest BCUT2D eigenvalue weighted by Gasteiger charge is -2.32. The average molecular weight is 1110 g/mol. The maximum atomic E-state index is 14.6. The first-order chi connectivity index (χ1) is 37.4. The molecule has 4 aromatic carbocycles. The Morgan fingerprint density at radius 3 is 1.94 bits per heavy atom. The van der Waals surface area contributed by atoms with Crippen molar-refractivity contribution in [3.63, 3.8) is 0 Å². The van der Waals surface area contributed by atoms with Crippen molar-refractivity contribution >= 4 is 41.5 Å². The second kappa shape index (κ2) is 30.6. The number of quaternary nitrogens is 1. The number of unbranched alkanes of at least 4 members (excludes halogenated alkanes) is 6. The Kier molecular flexibility index (Phi) is 24.8. The van der Waals surface area contributed by atoms with Gasteiger partial charge in [0.2, 0.25) is 23.6 Å². The Labute approximate surface area is 459 Å². The van der Waals surface area contributed by atoms with E-state index in [9.17, 15) is 52.2 Å². The zero-order valence-electron chi connectivity index (χ0n) is 45.8. The van der Waals surface area contributed by atoms with E-state index in [2.05, 4.69) is 51.3 Å². The van der Waals surface area contributed by atoms with Gasteiger partial charge in [-0.15, -0.1) is 0 Å². The highest BCUT2D eigenvalue weighted by Gasteiger charge is 2.36. The molecule has 1 heterocycles. The van der Waals surface area contributed by atoms with E-state index in [0.717, 1.165) is 43.2 Å². The Bertz CT molecular complexity index is 2700. The van der Waals surface area contributed by atoms with Gasteiger partial charge in [-0.2, -0.15) is 13.2 Å². The predicted octanol–water partition coefficient (Wildman–Crippen LogP) is 5.23. The average Bonchev–Trinajstić information content (AvgIpc) is 3.41. The number of hydrogen-bond acceptors (Lipinski definition) is 11. The first kappa shape index (κ1) is 64.0. The minimum atomic E-state index is -5.19. The number of hydrogen-bond donors (Lipinski definition) is 7. The van der Waals surface area contributed by atoms with Crippen molar-refractivity contribution in [3.8, 4) is 33.8 Å². The van der Waals surface area contributed by atoms with Gasteiger partial charge in [-0.3, -0.25) is 24.0 Å². The second-order valence-electron chi connectivity index (χ2n) is 20.1. The third-order valence-electron chi connectivity index (χ3n) is 13.3. The van der Waals surface area contributed by atoms with Crippen LogP contribution in [0.2, 0.25) is 0 Å². The quantitative estimate of drug-likeness (QED) is 0.0445. The smallest absolute Gasteiger partial charge is 0.430 e. The molecule has 4 aromatic rings. The van der Waals surface area contributed by atoms with Gasteiger partial charge in [-0.1, -0.05) is 80.6 Å². The minimum Gasteiger partial charge on any atom is -0.542 e. The number of rotatable bonds is 24. The summed E-state index contributed by atoms with van der Waals surface area (Å²) in [5.41, 5.74) is 9.02. The van der Waals surface area contributed by atoms with Gasteiger partial charge >= 0.3 is 12.1 Å². The van der Waals surface area contributed by atoms with Crippen LogP contribution in [-0.4, -0.2) is 121 Å².